The molecule has 0 bridgehead atoms. The van der Waals surface area contributed by atoms with Crippen molar-refractivity contribution in [3.8, 4) is 17.2 Å². The van der Waals surface area contributed by atoms with Gasteiger partial charge in [-0.1, -0.05) is 18.2 Å². The van der Waals surface area contributed by atoms with E-state index in [1.165, 1.54) is 19.2 Å². The summed E-state index contributed by atoms with van der Waals surface area (Å²) in [5, 5.41) is 16.0. The molecule has 0 aliphatic rings. The number of nitrogens with one attached hydrogen (secondary N) is 2. The molecule has 0 fully saturated rings. The number of rotatable bonds is 9. The molecule has 0 heterocycles. The van der Waals surface area contributed by atoms with Gasteiger partial charge in [0.2, 0.25) is 0 Å². The van der Waals surface area contributed by atoms with Crippen molar-refractivity contribution in [2.75, 3.05) is 26.8 Å². The number of guanidine groups is 1. The van der Waals surface area contributed by atoms with E-state index in [2.05, 4.69) is 15.6 Å². The minimum atomic E-state index is -4.36. The minimum absolute atomic E-state index is 0.0962. The predicted octanol–water partition coefficient (Wildman–Crippen LogP) is 3.64. The summed E-state index contributed by atoms with van der Waals surface area (Å²) in [6.07, 6.45) is -3.66. The van der Waals surface area contributed by atoms with Crippen LogP contribution in [0.15, 0.2) is 47.5 Å². The topological polar surface area (TPSA) is 75.1 Å². The van der Waals surface area contributed by atoms with Gasteiger partial charge in [0.25, 0.3) is 0 Å². The van der Waals surface area contributed by atoms with E-state index in [1.807, 2.05) is 13.0 Å². The number of halogens is 3. The van der Waals surface area contributed by atoms with Gasteiger partial charge < -0.3 is 25.2 Å². The Bertz CT molecular complexity index is 824. The molecule has 0 aliphatic heterocycles. The highest BCUT2D eigenvalue weighted by molar-refractivity contribution is 5.79. The quantitative estimate of drug-likeness (QED) is 0.423. The van der Waals surface area contributed by atoms with Crippen LogP contribution in [-0.4, -0.2) is 44.0 Å². The number of hydrogen-bond acceptors (Lipinski definition) is 4. The monoisotopic (exact) mass is 425 g/mol. The van der Waals surface area contributed by atoms with Gasteiger partial charge >= 0.3 is 6.18 Å². The largest absolute Gasteiger partial charge is 0.504 e. The number of alkyl halides is 3. The lowest BCUT2D eigenvalue weighted by Crippen LogP contribution is -2.38. The number of methoxy groups -OCH3 is 1. The van der Waals surface area contributed by atoms with E-state index in [0.29, 0.717) is 37.8 Å². The first-order valence-electron chi connectivity index (χ1n) is 9.47. The second-order valence-electron chi connectivity index (χ2n) is 6.43. The third-order valence-corrected chi connectivity index (χ3v) is 4.04. The molecule has 0 aliphatic carbocycles. The summed E-state index contributed by atoms with van der Waals surface area (Å²) >= 11 is 0. The minimum Gasteiger partial charge on any atom is -0.504 e. The van der Waals surface area contributed by atoms with E-state index in [1.54, 1.807) is 24.3 Å². The van der Waals surface area contributed by atoms with Gasteiger partial charge in [0.1, 0.15) is 5.75 Å². The molecule has 30 heavy (non-hydrogen) atoms. The van der Waals surface area contributed by atoms with Crippen LogP contribution in [-0.2, 0) is 13.0 Å². The normalized spacial score (nSPS) is 11.8. The van der Waals surface area contributed by atoms with E-state index in [4.69, 9.17) is 9.47 Å². The Kier molecular flexibility index (Phi) is 8.64. The molecular weight excluding hydrogens is 399 g/mol. The Morgan fingerprint density at radius 3 is 2.40 bits per heavy atom. The molecule has 0 aromatic heterocycles. The maximum atomic E-state index is 12.2. The number of aliphatic imine (C=N–C) groups is 1. The van der Waals surface area contributed by atoms with E-state index in [0.717, 1.165) is 11.1 Å². The highest BCUT2D eigenvalue weighted by Gasteiger charge is 2.28. The van der Waals surface area contributed by atoms with Crippen LogP contribution in [0.4, 0.5) is 13.2 Å². The van der Waals surface area contributed by atoms with E-state index < -0.39 is 12.8 Å². The Balaban J connectivity index is 1.87. The van der Waals surface area contributed by atoms with Crippen molar-refractivity contribution in [3.05, 3.63) is 53.6 Å². The lowest BCUT2D eigenvalue weighted by atomic mass is 10.1. The average Bonchev–Trinajstić information content (AvgIpc) is 2.72. The molecule has 6 nitrogen and oxygen atoms in total. The maximum absolute atomic E-state index is 12.2. The molecule has 0 atom stereocenters. The SMILES string of the molecule is CCNC(=NCc1ccc(OCC(F)(F)F)cc1)NCCc1ccc(O)c(OC)c1. The van der Waals surface area contributed by atoms with Gasteiger partial charge in [0.05, 0.1) is 13.7 Å². The molecule has 2 aromatic rings. The number of hydrogen-bond donors (Lipinski definition) is 3. The summed E-state index contributed by atoms with van der Waals surface area (Å²) in [5.41, 5.74) is 1.84. The molecule has 0 spiro atoms. The Hall–Kier alpha value is -3.10. The second kappa shape index (κ2) is 11.2. The smallest absolute Gasteiger partial charge is 0.422 e. The van der Waals surface area contributed by atoms with Crippen LogP contribution in [0.1, 0.15) is 18.1 Å². The molecule has 3 N–H and O–H groups in total. The molecule has 164 valence electrons. The molecule has 0 saturated carbocycles. The van der Waals surface area contributed by atoms with Gasteiger partial charge in [-0.05, 0) is 48.7 Å². The van der Waals surface area contributed by atoms with Crippen LogP contribution in [0.2, 0.25) is 0 Å². The van der Waals surface area contributed by atoms with Crippen molar-refractivity contribution in [2.24, 2.45) is 4.99 Å². The summed E-state index contributed by atoms with van der Waals surface area (Å²) in [6, 6.07) is 11.6. The summed E-state index contributed by atoms with van der Waals surface area (Å²) in [4.78, 5) is 4.49. The van der Waals surface area contributed by atoms with Crippen LogP contribution in [0.3, 0.4) is 0 Å². The van der Waals surface area contributed by atoms with Crippen molar-refractivity contribution < 1.29 is 27.8 Å². The third-order valence-electron chi connectivity index (χ3n) is 4.04. The predicted molar refractivity (Wildman–Crippen MR) is 109 cm³/mol. The zero-order chi connectivity index (χ0) is 22.0. The standard InChI is InChI=1S/C21H26F3N3O3/c1-3-25-20(26-11-10-15-6-9-18(28)19(12-15)29-2)27-13-16-4-7-17(8-5-16)30-14-21(22,23)24/h4-9,12,28H,3,10-11,13-14H2,1-2H3,(H2,25,26,27). The zero-order valence-corrected chi connectivity index (χ0v) is 16.9. The Morgan fingerprint density at radius 1 is 1.07 bits per heavy atom. The summed E-state index contributed by atoms with van der Waals surface area (Å²) in [6.45, 7) is 2.30. The highest BCUT2D eigenvalue weighted by atomic mass is 19.4. The maximum Gasteiger partial charge on any atom is 0.422 e. The number of ether oxygens (including phenoxy) is 2. The van der Waals surface area contributed by atoms with Crippen LogP contribution in [0.25, 0.3) is 0 Å². The van der Waals surface area contributed by atoms with Crippen molar-refractivity contribution in [3.63, 3.8) is 0 Å². The number of phenolic OH excluding ortho intramolecular Hbond substituents is 1. The average molecular weight is 425 g/mol. The molecule has 0 saturated heterocycles. The highest BCUT2D eigenvalue weighted by Crippen LogP contribution is 2.26. The van der Waals surface area contributed by atoms with E-state index >= 15 is 0 Å². The number of nitrogens with zero attached hydrogens (tertiary/aromatic N) is 1. The fourth-order valence-electron chi connectivity index (χ4n) is 2.57. The fraction of sp³-hybridized carbons (Fsp3) is 0.381. The first kappa shape index (κ1) is 23.2. The van der Waals surface area contributed by atoms with Gasteiger partial charge in [-0.3, -0.25) is 0 Å². The lowest BCUT2D eigenvalue weighted by Gasteiger charge is -2.12. The molecule has 0 amide bonds. The van der Waals surface area contributed by atoms with Crippen molar-refractivity contribution in [2.45, 2.75) is 26.1 Å². The molecular formula is C21H26F3N3O3. The van der Waals surface area contributed by atoms with Crippen LogP contribution >= 0.6 is 0 Å². The summed E-state index contributed by atoms with van der Waals surface area (Å²) in [7, 11) is 1.50. The first-order chi connectivity index (χ1) is 14.3. The van der Waals surface area contributed by atoms with Gasteiger partial charge in [-0.2, -0.15) is 13.2 Å². The molecule has 0 radical (unpaired) electrons. The Morgan fingerprint density at radius 2 is 1.77 bits per heavy atom. The van der Waals surface area contributed by atoms with Crippen LogP contribution in [0.5, 0.6) is 17.2 Å². The van der Waals surface area contributed by atoms with Gasteiger partial charge in [0, 0.05) is 13.1 Å². The number of benzene rings is 2. The molecule has 0 unspecified atom stereocenters. The molecule has 9 heteroatoms. The fourth-order valence-corrected chi connectivity index (χ4v) is 2.57. The Labute approximate surface area is 173 Å². The third kappa shape index (κ3) is 8.10. The summed E-state index contributed by atoms with van der Waals surface area (Å²) < 4.78 is 46.4. The van der Waals surface area contributed by atoms with E-state index in [-0.39, 0.29) is 11.5 Å². The van der Waals surface area contributed by atoms with Crippen molar-refractivity contribution >= 4 is 5.96 Å². The van der Waals surface area contributed by atoms with Crippen molar-refractivity contribution in [1.29, 1.82) is 0 Å². The molecule has 2 rings (SSSR count). The van der Waals surface area contributed by atoms with Gasteiger partial charge in [0.15, 0.2) is 24.1 Å². The zero-order valence-electron chi connectivity index (χ0n) is 16.9. The number of phenols is 1. The molecule has 2 aromatic carbocycles. The van der Waals surface area contributed by atoms with Gasteiger partial charge in [-0.25, -0.2) is 4.99 Å². The van der Waals surface area contributed by atoms with Crippen LogP contribution in [0, 0.1) is 0 Å². The van der Waals surface area contributed by atoms with Crippen molar-refractivity contribution in [1.82, 2.24) is 10.6 Å². The number of aromatic hydroxyl groups is 1. The second-order valence-corrected chi connectivity index (χ2v) is 6.43. The van der Waals surface area contributed by atoms with Crippen LogP contribution < -0.4 is 20.1 Å². The van der Waals surface area contributed by atoms with E-state index in [9.17, 15) is 18.3 Å². The first-order valence-corrected chi connectivity index (χ1v) is 9.47. The summed E-state index contributed by atoms with van der Waals surface area (Å²) in [5.74, 6) is 1.31. The van der Waals surface area contributed by atoms with Gasteiger partial charge in [-0.15, -0.1) is 0 Å². The lowest BCUT2D eigenvalue weighted by molar-refractivity contribution is -0.153.